The molecule has 1 aliphatic rings. The molecule has 0 saturated carbocycles. The van der Waals surface area contributed by atoms with Crippen LogP contribution in [0.2, 0.25) is 0 Å². The van der Waals surface area contributed by atoms with Gasteiger partial charge in [0.05, 0.1) is 5.56 Å². The minimum absolute atomic E-state index is 0.112. The molecule has 0 N–H and O–H groups in total. The van der Waals surface area contributed by atoms with Crippen LogP contribution in [0.4, 0.5) is 0 Å². The number of benzene rings is 1. The van der Waals surface area contributed by atoms with Crippen LogP contribution in [-0.2, 0) is 14.8 Å². The highest BCUT2D eigenvalue weighted by molar-refractivity contribution is 14.1. The summed E-state index contributed by atoms with van der Waals surface area (Å²) in [5.74, 6) is -0.442. The topological polar surface area (TPSA) is 63.7 Å². The normalized spacial score (nSPS) is 16.7. The average molecular weight is 395 g/mol. The summed E-state index contributed by atoms with van der Waals surface area (Å²) in [6, 6.07) is 4.84. The van der Waals surface area contributed by atoms with Gasteiger partial charge in [0, 0.05) is 23.3 Å². The molecular weight excluding hydrogens is 381 g/mol. The molecule has 104 valence electrons. The lowest BCUT2D eigenvalue weighted by Gasteiger charge is -2.14. The predicted molar refractivity (Wildman–Crippen MR) is 78.5 cm³/mol. The molecule has 0 spiro atoms. The van der Waals surface area contributed by atoms with Crippen molar-refractivity contribution in [2.45, 2.75) is 18.2 Å². The first kappa shape index (κ1) is 14.7. The second kappa shape index (κ2) is 5.76. The Morgan fingerprint density at radius 2 is 2.11 bits per heavy atom. The molecule has 1 amide bonds. The van der Waals surface area contributed by atoms with E-state index in [0.717, 1.165) is 7.88 Å². The van der Waals surface area contributed by atoms with Crippen molar-refractivity contribution < 1.29 is 17.9 Å². The molecule has 0 bridgehead atoms. The lowest BCUT2D eigenvalue weighted by Crippen LogP contribution is -2.31. The maximum absolute atomic E-state index is 12.3. The first-order valence-electron chi connectivity index (χ1n) is 5.93. The largest absolute Gasteiger partial charge is 0.382 e. The molecule has 0 radical (unpaired) electrons. The van der Waals surface area contributed by atoms with E-state index in [0.29, 0.717) is 19.6 Å². The van der Waals surface area contributed by atoms with Crippen LogP contribution in [0.1, 0.15) is 23.7 Å². The van der Waals surface area contributed by atoms with Gasteiger partial charge < -0.3 is 4.74 Å². The summed E-state index contributed by atoms with van der Waals surface area (Å²) in [5.41, 5.74) is 0.261. The molecule has 2 rings (SSSR count). The Morgan fingerprint density at radius 3 is 2.79 bits per heavy atom. The smallest absolute Gasteiger partial charge is 0.269 e. The van der Waals surface area contributed by atoms with Crippen molar-refractivity contribution in [1.82, 2.24) is 4.31 Å². The first-order valence-corrected chi connectivity index (χ1v) is 8.44. The van der Waals surface area contributed by atoms with E-state index in [9.17, 15) is 13.2 Å². The van der Waals surface area contributed by atoms with Crippen molar-refractivity contribution in [2.75, 3.05) is 19.8 Å². The Labute approximate surface area is 126 Å². The summed E-state index contributed by atoms with van der Waals surface area (Å²) < 4.78 is 31.4. The molecular formula is C12H14INO4S. The van der Waals surface area contributed by atoms with Crippen molar-refractivity contribution in [2.24, 2.45) is 0 Å². The van der Waals surface area contributed by atoms with Crippen LogP contribution in [0.5, 0.6) is 0 Å². The Kier molecular flexibility index (Phi) is 4.46. The summed E-state index contributed by atoms with van der Waals surface area (Å²) in [6.45, 7) is 3.06. The number of amides is 1. The van der Waals surface area contributed by atoms with Crippen LogP contribution in [0.3, 0.4) is 0 Å². The van der Waals surface area contributed by atoms with Gasteiger partial charge in [0.1, 0.15) is 4.90 Å². The van der Waals surface area contributed by atoms with E-state index in [2.05, 4.69) is 0 Å². The number of carbonyl (C=O) groups excluding carboxylic acids is 1. The Balaban J connectivity index is 2.23. The molecule has 1 aromatic carbocycles. The molecule has 0 unspecified atom stereocenters. The third kappa shape index (κ3) is 2.77. The van der Waals surface area contributed by atoms with Crippen molar-refractivity contribution in [3.05, 3.63) is 27.3 Å². The molecule has 0 saturated heterocycles. The molecule has 0 atom stereocenters. The number of fused-ring (bicyclic) bond motifs is 1. The number of rotatable bonds is 5. The zero-order valence-corrected chi connectivity index (χ0v) is 13.4. The molecule has 1 aromatic rings. The van der Waals surface area contributed by atoms with Gasteiger partial charge in [0.25, 0.3) is 15.9 Å². The van der Waals surface area contributed by atoms with Gasteiger partial charge >= 0.3 is 0 Å². The van der Waals surface area contributed by atoms with Gasteiger partial charge in [-0.25, -0.2) is 12.7 Å². The van der Waals surface area contributed by atoms with Crippen molar-refractivity contribution >= 4 is 38.5 Å². The molecule has 19 heavy (non-hydrogen) atoms. The number of hydrogen-bond acceptors (Lipinski definition) is 4. The summed E-state index contributed by atoms with van der Waals surface area (Å²) in [7, 11) is -3.68. The van der Waals surface area contributed by atoms with Crippen LogP contribution in [0.15, 0.2) is 23.1 Å². The van der Waals surface area contributed by atoms with Gasteiger partial charge in [-0.15, -0.1) is 0 Å². The first-order chi connectivity index (χ1) is 8.98. The zero-order valence-electron chi connectivity index (χ0n) is 10.4. The maximum Gasteiger partial charge on any atom is 0.269 e. The molecule has 1 aliphatic heterocycles. The lowest BCUT2D eigenvalue weighted by atomic mass is 10.2. The van der Waals surface area contributed by atoms with Gasteiger partial charge in [-0.05, 0) is 54.1 Å². The fourth-order valence-electron chi connectivity index (χ4n) is 1.92. The predicted octanol–water partition coefficient (Wildman–Crippen LogP) is 1.86. The Morgan fingerprint density at radius 1 is 1.37 bits per heavy atom. The zero-order chi connectivity index (χ0) is 14.0. The second-order valence-electron chi connectivity index (χ2n) is 4.07. The van der Waals surface area contributed by atoms with Gasteiger partial charge in [0.15, 0.2) is 0 Å². The molecule has 0 fully saturated rings. The standard InChI is InChI=1S/C12H14INO4S/c1-2-18-7-3-6-14-12(15)10-5-4-9(13)8-11(10)19(14,16)17/h4-5,8H,2-3,6-7H2,1H3. The number of carbonyl (C=O) groups is 1. The van der Waals surface area contributed by atoms with Crippen LogP contribution < -0.4 is 0 Å². The Hall–Kier alpha value is -0.670. The van der Waals surface area contributed by atoms with Crippen LogP contribution >= 0.6 is 22.6 Å². The number of hydrogen-bond donors (Lipinski definition) is 0. The summed E-state index contributed by atoms with van der Waals surface area (Å²) in [6.07, 6.45) is 0.504. The molecule has 5 nitrogen and oxygen atoms in total. The molecule has 7 heteroatoms. The van der Waals surface area contributed by atoms with Crippen molar-refractivity contribution in [3.8, 4) is 0 Å². The van der Waals surface area contributed by atoms with E-state index >= 15 is 0 Å². The highest BCUT2D eigenvalue weighted by Gasteiger charge is 2.40. The molecule has 0 aliphatic carbocycles. The van der Waals surface area contributed by atoms with Gasteiger partial charge in [-0.2, -0.15) is 0 Å². The SMILES string of the molecule is CCOCCCN1C(=O)c2ccc(I)cc2S1(=O)=O. The number of sulfonamides is 1. The maximum atomic E-state index is 12.3. The van der Waals surface area contributed by atoms with Crippen LogP contribution in [-0.4, -0.2) is 38.4 Å². The Bertz CT molecular complexity index is 600. The van der Waals surface area contributed by atoms with Gasteiger partial charge in [-0.3, -0.25) is 4.79 Å². The number of nitrogens with zero attached hydrogens (tertiary/aromatic N) is 1. The minimum atomic E-state index is -3.68. The quantitative estimate of drug-likeness (QED) is 0.564. The minimum Gasteiger partial charge on any atom is -0.382 e. The van der Waals surface area contributed by atoms with Gasteiger partial charge in [-0.1, -0.05) is 0 Å². The highest BCUT2D eigenvalue weighted by Crippen LogP contribution is 2.31. The molecule has 0 aromatic heterocycles. The fourth-order valence-corrected chi connectivity index (χ4v) is 4.26. The number of ether oxygens (including phenoxy) is 1. The van der Waals surface area contributed by atoms with E-state index in [4.69, 9.17) is 4.74 Å². The third-order valence-corrected chi connectivity index (χ3v) is 5.32. The monoisotopic (exact) mass is 395 g/mol. The average Bonchev–Trinajstić information content (AvgIpc) is 2.54. The fraction of sp³-hybridized carbons (Fsp3) is 0.417. The van der Waals surface area contributed by atoms with E-state index < -0.39 is 15.9 Å². The van der Waals surface area contributed by atoms with E-state index in [-0.39, 0.29) is 17.0 Å². The van der Waals surface area contributed by atoms with Crippen molar-refractivity contribution in [3.63, 3.8) is 0 Å². The molecule has 1 heterocycles. The van der Waals surface area contributed by atoms with Gasteiger partial charge in [0.2, 0.25) is 0 Å². The van der Waals surface area contributed by atoms with Crippen molar-refractivity contribution in [1.29, 1.82) is 0 Å². The van der Waals surface area contributed by atoms with E-state index in [1.807, 2.05) is 29.5 Å². The third-order valence-electron chi connectivity index (χ3n) is 2.82. The van der Waals surface area contributed by atoms with E-state index in [1.54, 1.807) is 12.1 Å². The van der Waals surface area contributed by atoms with E-state index in [1.165, 1.54) is 6.07 Å². The summed E-state index contributed by atoms with van der Waals surface area (Å²) in [4.78, 5) is 12.2. The van der Waals surface area contributed by atoms with Crippen LogP contribution in [0.25, 0.3) is 0 Å². The van der Waals surface area contributed by atoms with Crippen LogP contribution in [0, 0.1) is 3.57 Å². The lowest BCUT2D eigenvalue weighted by molar-refractivity contribution is 0.0852. The highest BCUT2D eigenvalue weighted by atomic mass is 127. The second-order valence-corrected chi connectivity index (χ2v) is 7.15. The summed E-state index contributed by atoms with van der Waals surface area (Å²) in [5, 5.41) is 0. The summed E-state index contributed by atoms with van der Waals surface area (Å²) >= 11 is 2.03. The number of halogens is 1.